The summed E-state index contributed by atoms with van der Waals surface area (Å²) in [7, 11) is 0. The normalized spacial score (nSPS) is 56.9. The topological polar surface area (TPSA) is 59.1 Å². The fraction of sp³-hybridized carbons (Fsp3) is 0.957. The van der Waals surface area contributed by atoms with Crippen LogP contribution < -0.4 is 0 Å². The molecule has 0 amide bonds. The Kier molecular flexibility index (Phi) is 3.90. The zero-order valence-electron chi connectivity index (χ0n) is 17.4. The maximum atomic E-state index is 11.4. The van der Waals surface area contributed by atoms with Crippen LogP contribution in [0.5, 0.6) is 0 Å². The first-order valence-electron chi connectivity index (χ1n) is 11.3. The van der Waals surface area contributed by atoms with E-state index in [-0.39, 0.29) is 35.3 Å². The highest BCUT2D eigenvalue weighted by Crippen LogP contribution is 2.74. The molecule has 1 N–H and O–H groups in total. The Bertz CT molecular complexity index is 646. The van der Waals surface area contributed by atoms with Crippen LogP contribution in [0.4, 0.5) is 0 Å². The van der Waals surface area contributed by atoms with Crippen LogP contribution in [-0.2, 0) is 14.3 Å². The molecule has 4 nitrogen and oxygen atoms in total. The lowest BCUT2D eigenvalue weighted by molar-refractivity contribution is -0.166. The lowest BCUT2D eigenvalue weighted by Gasteiger charge is -2.61. The molecule has 0 radical (unpaired) electrons. The fourth-order valence-corrected chi connectivity index (χ4v) is 8.80. The lowest BCUT2D eigenvalue weighted by atomic mass is 9.44. The Morgan fingerprint density at radius 2 is 1.89 bits per heavy atom. The summed E-state index contributed by atoms with van der Waals surface area (Å²) in [6.07, 6.45) is 9.54. The third-order valence-electron chi connectivity index (χ3n) is 10.1. The second kappa shape index (κ2) is 5.72. The molecule has 0 spiro atoms. The molecule has 0 bridgehead atoms. The first-order valence-corrected chi connectivity index (χ1v) is 11.3. The zero-order valence-corrected chi connectivity index (χ0v) is 17.4. The van der Waals surface area contributed by atoms with Gasteiger partial charge in [0.2, 0.25) is 0 Å². The van der Waals surface area contributed by atoms with Crippen LogP contribution in [0.2, 0.25) is 0 Å². The molecule has 4 aliphatic carbocycles. The maximum Gasteiger partial charge on any atom is 0.302 e. The van der Waals surface area contributed by atoms with Crippen LogP contribution in [0, 0.1) is 34.5 Å². The molecule has 27 heavy (non-hydrogen) atoms. The van der Waals surface area contributed by atoms with E-state index in [2.05, 4.69) is 13.8 Å². The van der Waals surface area contributed by atoms with Crippen LogP contribution in [0.3, 0.4) is 0 Å². The van der Waals surface area contributed by atoms with E-state index < -0.39 is 0 Å². The number of carbonyl (C=O) groups is 1. The number of hydrogen-bond acceptors (Lipinski definition) is 4. The van der Waals surface area contributed by atoms with Crippen LogP contribution >= 0.6 is 0 Å². The van der Waals surface area contributed by atoms with Crippen LogP contribution in [0.1, 0.15) is 79.1 Å². The minimum Gasteiger partial charge on any atom is -0.463 e. The van der Waals surface area contributed by atoms with Gasteiger partial charge in [-0.3, -0.25) is 4.79 Å². The van der Waals surface area contributed by atoms with Crippen molar-refractivity contribution in [1.29, 1.82) is 0 Å². The highest BCUT2D eigenvalue weighted by molar-refractivity contribution is 5.66. The van der Waals surface area contributed by atoms with Crippen molar-refractivity contribution in [2.24, 2.45) is 34.5 Å². The minimum absolute atomic E-state index is 0.126. The van der Waals surface area contributed by atoms with Crippen molar-refractivity contribution >= 4 is 5.97 Å². The summed E-state index contributed by atoms with van der Waals surface area (Å²) < 4.78 is 11.7. The average molecular weight is 377 g/mol. The molecule has 152 valence electrons. The van der Waals surface area contributed by atoms with E-state index in [1.54, 1.807) is 0 Å². The number of ether oxygens (including phenoxy) is 2. The predicted octanol–water partition coefficient (Wildman–Crippen LogP) is 4.09. The molecule has 5 rings (SSSR count). The smallest absolute Gasteiger partial charge is 0.302 e. The molecule has 0 aromatic heterocycles. The molecule has 5 fully saturated rings. The minimum atomic E-state index is -0.361. The van der Waals surface area contributed by atoms with Crippen molar-refractivity contribution in [3.8, 4) is 0 Å². The van der Waals surface area contributed by atoms with Gasteiger partial charge in [-0.05, 0) is 87.4 Å². The van der Waals surface area contributed by atoms with Gasteiger partial charge in [0.25, 0.3) is 0 Å². The highest BCUT2D eigenvalue weighted by Gasteiger charge is 2.78. The van der Waals surface area contributed by atoms with Gasteiger partial charge in [0.05, 0.1) is 12.2 Å². The summed E-state index contributed by atoms with van der Waals surface area (Å²) in [5.74, 6) is 2.84. The number of rotatable bonds is 2. The quantitative estimate of drug-likeness (QED) is 0.582. The predicted molar refractivity (Wildman–Crippen MR) is 102 cm³/mol. The van der Waals surface area contributed by atoms with Crippen molar-refractivity contribution in [2.45, 2.75) is 103 Å². The molecule has 1 unspecified atom stereocenters. The van der Waals surface area contributed by atoms with Crippen LogP contribution in [0.25, 0.3) is 0 Å². The van der Waals surface area contributed by atoms with Gasteiger partial charge in [-0.15, -0.1) is 0 Å². The highest BCUT2D eigenvalue weighted by atomic mass is 16.6. The van der Waals surface area contributed by atoms with E-state index in [4.69, 9.17) is 9.47 Å². The van der Waals surface area contributed by atoms with Crippen molar-refractivity contribution < 1.29 is 19.4 Å². The van der Waals surface area contributed by atoms with Gasteiger partial charge in [-0.2, -0.15) is 0 Å². The summed E-state index contributed by atoms with van der Waals surface area (Å²) in [5, 5.41) is 10.5. The average Bonchev–Trinajstić information content (AvgIpc) is 3.27. The van der Waals surface area contributed by atoms with Crippen molar-refractivity contribution in [3.05, 3.63) is 0 Å². The molecular formula is C23H36O4. The summed E-state index contributed by atoms with van der Waals surface area (Å²) in [6, 6.07) is 0. The van der Waals surface area contributed by atoms with Gasteiger partial charge in [0.1, 0.15) is 11.7 Å². The fourth-order valence-electron chi connectivity index (χ4n) is 8.80. The monoisotopic (exact) mass is 376 g/mol. The standard InChI is InChI=1S/C23H36O4/c1-13(24)23-20(27-23)12-19-17-6-5-15-11-16(26-14(2)25)7-9-21(15,3)18(17)8-10-22(19,23)4/h13,15-20,24H,5-12H2,1-4H3/t13?,15-,16-,17+,18-,19-,20+,21-,22-,23+/m0/s1. The van der Waals surface area contributed by atoms with Crippen molar-refractivity contribution in [3.63, 3.8) is 0 Å². The molecule has 0 aromatic rings. The maximum absolute atomic E-state index is 11.4. The van der Waals surface area contributed by atoms with E-state index in [1.807, 2.05) is 6.92 Å². The molecule has 0 aromatic carbocycles. The van der Waals surface area contributed by atoms with E-state index in [0.717, 1.165) is 31.1 Å². The molecule has 5 aliphatic rings. The van der Waals surface area contributed by atoms with Gasteiger partial charge in [0.15, 0.2) is 0 Å². The zero-order chi connectivity index (χ0) is 19.2. The van der Waals surface area contributed by atoms with E-state index >= 15 is 0 Å². The Morgan fingerprint density at radius 3 is 2.59 bits per heavy atom. The van der Waals surface area contributed by atoms with Crippen molar-refractivity contribution in [2.75, 3.05) is 0 Å². The van der Waals surface area contributed by atoms with E-state index in [1.165, 1.54) is 39.0 Å². The molecule has 1 aliphatic heterocycles. The third-order valence-corrected chi connectivity index (χ3v) is 10.1. The van der Waals surface area contributed by atoms with Crippen LogP contribution in [-0.4, -0.2) is 35.0 Å². The largest absolute Gasteiger partial charge is 0.463 e. The molecule has 1 saturated heterocycles. The Hall–Kier alpha value is -0.610. The van der Waals surface area contributed by atoms with E-state index in [9.17, 15) is 9.90 Å². The first-order chi connectivity index (χ1) is 12.7. The van der Waals surface area contributed by atoms with E-state index in [0.29, 0.717) is 17.3 Å². The number of aliphatic hydroxyl groups excluding tert-OH is 1. The van der Waals surface area contributed by atoms with Gasteiger partial charge >= 0.3 is 5.97 Å². The van der Waals surface area contributed by atoms with Gasteiger partial charge in [-0.1, -0.05) is 13.8 Å². The first kappa shape index (κ1) is 18.4. The second-order valence-corrected chi connectivity index (χ2v) is 10.9. The Labute approximate surface area is 163 Å². The third kappa shape index (κ3) is 2.26. The second-order valence-electron chi connectivity index (χ2n) is 10.9. The summed E-state index contributed by atoms with van der Waals surface area (Å²) in [6.45, 7) is 8.43. The summed E-state index contributed by atoms with van der Waals surface area (Å²) >= 11 is 0. The van der Waals surface area contributed by atoms with Gasteiger partial charge < -0.3 is 14.6 Å². The number of fused-ring (bicyclic) bond motifs is 7. The lowest BCUT2D eigenvalue weighted by Crippen LogP contribution is -2.57. The molecule has 1 heterocycles. The summed E-state index contributed by atoms with van der Waals surface area (Å²) in [5.41, 5.74) is 0.283. The van der Waals surface area contributed by atoms with Gasteiger partial charge in [-0.25, -0.2) is 0 Å². The number of hydrogen-bond donors (Lipinski definition) is 1. The van der Waals surface area contributed by atoms with Crippen molar-refractivity contribution in [1.82, 2.24) is 0 Å². The Balaban J connectivity index is 1.38. The molecule has 4 heteroatoms. The number of aliphatic hydroxyl groups is 1. The number of carbonyl (C=O) groups excluding carboxylic acids is 1. The molecular weight excluding hydrogens is 340 g/mol. The molecule has 4 saturated carbocycles. The number of epoxide rings is 1. The molecule has 10 atom stereocenters. The summed E-state index contributed by atoms with van der Waals surface area (Å²) in [4.78, 5) is 11.4. The SMILES string of the molecule is CC(=O)O[C@H]1CC[C@@]2(C)[C@@H](CC[C@@H]3[C@@H]2CC[C@@]2(C)[C@H]3C[C@H]3O[C@]32C(C)O)C1. The van der Waals surface area contributed by atoms with Gasteiger partial charge in [0, 0.05) is 12.3 Å². The number of esters is 1. The Morgan fingerprint density at radius 1 is 1.11 bits per heavy atom. The van der Waals surface area contributed by atoms with Crippen LogP contribution in [0.15, 0.2) is 0 Å².